The maximum atomic E-state index is 11.1. The van der Waals surface area contributed by atoms with Crippen LogP contribution in [0.2, 0.25) is 0 Å². The van der Waals surface area contributed by atoms with Crippen molar-refractivity contribution in [2.75, 3.05) is 32.7 Å². The number of piperidine rings is 1. The Morgan fingerprint density at radius 1 is 1.19 bits per heavy atom. The number of nitrogens with zero attached hydrogens (tertiary/aromatic N) is 2. The highest BCUT2D eigenvalue weighted by Gasteiger charge is 2.28. The lowest BCUT2D eigenvalue weighted by Crippen LogP contribution is -2.51. The third-order valence-corrected chi connectivity index (χ3v) is 6.37. The van der Waals surface area contributed by atoms with Gasteiger partial charge in [-0.2, -0.15) is 0 Å². The first-order valence-electron chi connectivity index (χ1n) is 11.8. The van der Waals surface area contributed by atoms with Crippen molar-refractivity contribution in [3.63, 3.8) is 0 Å². The van der Waals surface area contributed by atoms with E-state index in [1.165, 1.54) is 5.56 Å². The first-order chi connectivity index (χ1) is 14.9. The molecule has 0 saturated carbocycles. The fourth-order valence-electron chi connectivity index (χ4n) is 4.21. The lowest BCUT2D eigenvalue weighted by Gasteiger charge is -2.36. The van der Waals surface area contributed by atoms with Gasteiger partial charge in [-0.3, -0.25) is 14.7 Å². The first kappa shape index (κ1) is 25.1. The van der Waals surface area contributed by atoms with E-state index in [9.17, 15) is 4.79 Å². The van der Waals surface area contributed by atoms with Crippen LogP contribution in [-0.4, -0.2) is 61.1 Å². The van der Waals surface area contributed by atoms with Gasteiger partial charge in [-0.25, -0.2) is 0 Å². The molecule has 7 heteroatoms. The van der Waals surface area contributed by atoms with Gasteiger partial charge in [0, 0.05) is 37.3 Å². The third-order valence-electron chi connectivity index (χ3n) is 6.37. The molecule has 0 bridgehead atoms. The molecule has 0 aromatic heterocycles. The molecule has 1 aromatic carbocycles. The molecule has 7 nitrogen and oxygen atoms in total. The number of nitrogens with two attached hydrogens (primary N) is 1. The summed E-state index contributed by atoms with van der Waals surface area (Å²) >= 11 is 0. The van der Waals surface area contributed by atoms with E-state index < -0.39 is 0 Å². The number of hydrogen-bond donors (Lipinski definition) is 4. The molecule has 1 aromatic rings. The number of carbonyl (C=O) groups is 1. The maximum Gasteiger partial charge on any atom is 0.231 e. The number of rotatable bonds is 11. The summed E-state index contributed by atoms with van der Waals surface area (Å²) in [6, 6.07) is 11.2. The number of nitrogens with one attached hydrogen (secondary N) is 3. The van der Waals surface area contributed by atoms with Crippen LogP contribution < -0.4 is 21.7 Å². The minimum Gasteiger partial charge on any atom is -0.369 e. The van der Waals surface area contributed by atoms with E-state index in [1.54, 1.807) is 0 Å². The Kier molecular flexibility index (Phi) is 10.3. The molecule has 174 valence electrons. The molecule has 0 aliphatic carbocycles. The van der Waals surface area contributed by atoms with E-state index in [4.69, 9.17) is 10.7 Å². The Bertz CT molecular complexity index is 681. The van der Waals surface area contributed by atoms with Crippen molar-refractivity contribution in [2.45, 2.75) is 71.0 Å². The van der Waals surface area contributed by atoms with Gasteiger partial charge in [-0.05, 0) is 45.1 Å². The minimum atomic E-state index is -0.256. The van der Waals surface area contributed by atoms with Gasteiger partial charge in [-0.15, -0.1) is 0 Å². The second-order valence-electron chi connectivity index (χ2n) is 8.62. The summed E-state index contributed by atoms with van der Waals surface area (Å²) in [5, 5.41) is 10.9. The summed E-state index contributed by atoms with van der Waals surface area (Å²) in [6.45, 7) is 12.4. The van der Waals surface area contributed by atoms with Crippen LogP contribution in [0.25, 0.3) is 0 Å². The number of primary amides is 1. The molecule has 0 radical (unpaired) electrons. The van der Waals surface area contributed by atoms with Crippen LogP contribution in [0.4, 0.5) is 0 Å². The average molecular weight is 431 g/mol. The summed E-state index contributed by atoms with van der Waals surface area (Å²) in [6.07, 6.45) is 3.98. The largest absolute Gasteiger partial charge is 0.369 e. The van der Waals surface area contributed by atoms with Gasteiger partial charge in [0.15, 0.2) is 5.96 Å². The molecule has 0 spiro atoms. The van der Waals surface area contributed by atoms with Crippen molar-refractivity contribution in [3.8, 4) is 0 Å². The lowest BCUT2D eigenvalue weighted by atomic mass is 9.90. The Labute approximate surface area is 188 Å². The first-order valence-corrected chi connectivity index (χ1v) is 11.8. The van der Waals surface area contributed by atoms with Crippen molar-refractivity contribution < 1.29 is 4.79 Å². The summed E-state index contributed by atoms with van der Waals surface area (Å²) in [4.78, 5) is 18.2. The van der Waals surface area contributed by atoms with Crippen LogP contribution >= 0.6 is 0 Å². The summed E-state index contributed by atoms with van der Waals surface area (Å²) < 4.78 is 0. The smallest absolute Gasteiger partial charge is 0.231 e. The molecule has 2 rings (SSSR count). The number of aliphatic imine (C=N–C) groups is 1. The van der Waals surface area contributed by atoms with Crippen molar-refractivity contribution in [1.29, 1.82) is 0 Å². The normalized spacial score (nSPS) is 17.4. The third kappa shape index (κ3) is 8.15. The zero-order chi connectivity index (χ0) is 22.7. The standard InChI is InChI=1S/C24H42N6O/c1-5-24(6-2,29-19(4)20-11-9-8-10-12-20)18-27-23(26-7-3)28-21-13-15-30(16-14-21)17-22(25)31/h8-12,19,21,29H,5-7,13-18H2,1-4H3,(H2,25,31)(H2,26,27,28). The molecular weight excluding hydrogens is 388 g/mol. The Balaban J connectivity index is 1.99. The molecule has 1 aliphatic heterocycles. The van der Waals surface area contributed by atoms with E-state index >= 15 is 0 Å². The van der Waals surface area contributed by atoms with Gasteiger partial charge in [0.2, 0.25) is 5.91 Å². The van der Waals surface area contributed by atoms with Crippen molar-refractivity contribution in [3.05, 3.63) is 35.9 Å². The van der Waals surface area contributed by atoms with Gasteiger partial charge < -0.3 is 21.7 Å². The van der Waals surface area contributed by atoms with Gasteiger partial charge in [0.1, 0.15) is 0 Å². The number of benzene rings is 1. The van der Waals surface area contributed by atoms with E-state index in [0.29, 0.717) is 19.1 Å². The molecule has 1 saturated heterocycles. The van der Waals surface area contributed by atoms with Crippen LogP contribution in [0.15, 0.2) is 35.3 Å². The topological polar surface area (TPSA) is 94.8 Å². The molecule has 1 unspecified atom stereocenters. The Hall–Kier alpha value is -2.12. The Morgan fingerprint density at radius 3 is 2.39 bits per heavy atom. The van der Waals surface area contributed by atoms with E-state index in [1.807, 2.05) is 0 Å². The minimum absolute atomic E-state index is 0.0531. The van der Waals surface area contributed by atoms with E-state index in [0.717, 1.165) is 51.3 Å². The summed E-state index contributed by atoms with van der Waals surface area (Å²) in [5.41, 5.74) is 6.57. The van der Waals surface area contributed by atoms with Crippen LogP contribution in [0.5, 0.6) is 0 Å². The predicted octanol–water partition coefficient (Wildman–Crippen LogP) is 2.40. The number of amides is 1. The highest BCUT2D eigenvalue weighted by molar-refractivity contribution is 5.80. The van der Waals surface area contributed by atoms with Crippen LogP contribution in [0.1, 0.15) is 65.0 Å². The molecule has 5 N–H and O–H groups in total. The molecule has 1 fully saturated rings. The molecule has 31 heavy (non-hydrogen) atoms. The summed E-state index contributed by atoms with van der Waals surface area (Å²) in [5.74, 6) is 0.616. The summed E-state index contributed by atoms with van der Waals surface area (Å²) in [7, 11) is 0. The molecule has 1 heterocycles. The number of guanidine groups is 1. The van der Waals surface area contributed by atoms with Crippen LogP contribution in [-0.2, 0) is 4.79 Å². The van der Waals surface area contributed by atoms with Crippen molar-refractivity contribution in [1.82, 2.24) is 20.9 Å². The van der Waals surface area contributed by atoms with Gasteiger partial charge >= 0.3 is 0 Å². The average Bonchev–Trinajstić information content (AvgIpc) is 2.78. The number of carbonyl (C=O) groups excluding carboxylic acids is 1. The van der Waals surface area contributed by atoms with E-state index in [-0.39, 0.29) is 17.5 Å². The predicted molar refractivity (Wildman–Crippen MR) is 129 cm³/mol. The van der Waals surface area contributed by atoms with Gasteiger partial charge in [-0.1, -0.05) is 44.2 Å². The fraction of sp³-hybridized carbons (Fsp3) is 0.667. The SMILES string of the molecule is CCNC(=NCC(CC)(CC)NC(C)c1ccccc1)NC1CCN(CC(N)=O)CC1. The van der Waals surface area contributed by atoms with Gasteiger partial charge in [0.25, 0.3) is 0 Å². The second kappa shape index (κ2) is 12.7. The maximum absolute atomic E-state index is 11.1. The van der Waals surface area contributed by atoms with Crippen molar-refractivity contribution >= 4 is 11.9 Å². The zero-order valence-electron chi connectivity index (χ0n) is 19.8. The Morgan fingerprint density at radius 2 is 1.84 bits per heavy atom. The number of hydrogen-bond acceptors (Lipinski definition) is 4. The molecule has 1 amide bonds. The van der Waals surface area contributed by atoms with Gasteiger partial charge in [0.05, 0.1) is 13.1 Å². The van der Waals surface area contributed by atoms with Crippen molar-refractivity contribution in [2.24, 2.45) is 10.7 Å². The highest BCUT2D eigenvalue weighted by atomic mass is 16.1. The monoisotopic (exact) mass is 430 g/mol. The molecular formula is C24H42N6O. The fourth-order valence-corrected chi connectivity index (χ4v) is 4.21. The number of likely N-dealkylation sites (tertiary alicyclic amines) is 1. The zero-order valence-corrected chi connectivity index (χ0v) is 19.8. The second-order valence-corrected chi connectivity index (χ2v) is 8.62. The highest BCUT2D eigenvalue weighted by Crippen LogP contribution is 2.22. The van der Waals surface area contributed by atoms with Crippen LogP contribution in [0, 0.1) is 0 Å². The molecule has 1 aliphatic rings. The quantitative estimate of drug-likeness (QED) is 0.319. The lowest BCUT2D eigenvalue weighted by molar-refractivity contribution is -0.119. The van der Waals surface area contributed by atoms with Crippen LogP contribution in [0.3, 0.4) is 0 Å². The van der Waals surface area contributed by atoms with E-state index in [2.05, 4.69) is 78.9 Å². The molecule has 1 atom stereocenters.